The molecular weight excluding hydrogens is 537 g/mol. The zero-order valence-corrected chi connectivity index (χ0v) is 23.9. The first kappa shape index (κ1) is 27.8. The Labute approximate surface area is 243 Å². The van der Waals surface area contributed by atoms with Crippen LogP contribution in [0.25, 0.3) is 10.9 Å². The fourth-order valence-electron chi connectivity index (χ4n) is 6.27. The average Bonchev–Trinajstić information content (AvgIpc) is 3.00. The number of urea groups is 1. The maximum absolute atomic E-state index is 15.7. The van der Waals surface area contributed by atoms with Crippen LogP contribution in [0.15, 0.2) is 24.5 Å². The number of hydrogen-bond acceptors (Lipinski definition) is 8. The van der Waals surface area contributed by atoms with Gasteiger partial charge in [-0.25, -0.2) is 24.1 Å². The van der Waals surface area contributed by atoms with Crippen LogP contribution in [0.3, 0.4) is 0 Å². The number of halogens is 1. The van der Waals surface area contributed by atoms with Gasteiger partial charge in [-0.2, -0.15) is 5.26 Å². The van der Waals surface area contributed by atoms with Crippen LogP contribution >= 0.6 is 0 Å². The first-order valence-electron chi connectivity index (χ1n) is 14.6. The van der Waals surface area contributed by atoms with E-state index in [1.165, 1.54) is 11.2 Å². The van der Waals surface area contributed by atoms with Gasteiger partial charge in [-0.3, -0.25) is 14.6 Å². The molecule has 1 aliphatic carbocycles. The summed E-state index contributed by atoms with van der Waals surface area (Å²) in [7, 11) is 0. The molecule has 2 aromatic heterocycles. The number of rotatable bonds is 6. The molecule has 0 atom stereocenters. The van der Waals surface area contributed by atoms with Crippen molar-refractivity contribution in [2.45, 2.75) is 52.1 Å². The summed E-state index contributed by atoms with van der Waals surface area (Å²) in [5.74, 6) is -0.107. The van der Waals surface area contributed by atoms with Crippen molar-refractivity contribution < 1.29 is 14.0 Å². The highest BCUT2D eigenvalue weighted by molar-refractivity contribution is 6.17. The first-order chi connectivity index (χ1) is 20.4. The second kappa shape index (κ2) is 11.5. The van der Waals surface area contributed by atoms with E-state index in [9.17, 15) is 9.59 Å². The Morgan fingerprint density at radius 2 is 1.93 bits per heavy atom. The summed E-state index contributed by atoms with van der Waals surface area (Å²) < 4.78 is 15.7. The summed E-state index contributed by atoms with van der Waals surface area (Å²) in [6.07, 6.45) is 4.68. The van der Waals surface area contributed by atoms with Gasteiger partial charge in [0.2, 0.25) is 0 Å². The lowest BCUT2D eigenvalue weighted by atomic mass is 9.87. The Hall–Kier alpha value is -4.37. The lowest BCUT2D eigenvalue weighted by Crippen LogP contribution is -2.46. The molecule has 1 saturated heterocycles. The molecule has 3 aromatic rings. The second-order valence-electron chi connectivity index (χ2n) is 11.2. The van der Waals surface area contributed by atoms with Gasteiger partial charge in [0.1, 0.15) is 17.8 Å². The molecule has 0 bridgehead atoms. The summed E-state index contributed by atoms with van der Waals surface area (Å²) in [6.45, 7) is 7.45. The van der Waals surface area contributed by atoms with E-state index in [0.717, 1.165) is 50.2 Å². The van der Waals surface area contributed by atoms with Crippen LogP contribution in [0.4, 0.5) is 26.4 Å². The highest BCUT2D eigenvalue weighted by atomic mass is 19.1. The maximum atomic E-state index is 15.7. The number of nitriles is 1. The van der Waals surface area contributed by atoms with Gasteiger partial charge >= 0.3 is 6.03 Å². The molecule has 1 aromatic carbocycles. The van der Waals surface area contributed by atoms with Gasteiger partial charge in [-0.1, -0.05) is 0 Å². The Bertz CT molecular complexity index is 1570. The van der Waals surface area contributed by atoms with Crippen LogP contribution in [-0.2, 0) is 6.54 Å². The minimum absolute atomic E-state index is 0.0834. The molecule has 12 heteroatoms. The third-order valence-corrected chi connectivity index (χ3v) is 8.61. The van der Waals surface area contributed by atoms with E-state index in [1.807, 2.05) is 19.9 Å². The fraction of sp³-hybridized carbons (Fsp3) is 0.467. The number of anilines is 3. The van der Waals surface area contributed by atoms with Crippen molar-refractivity contribution in [3.63, 3.8) is 0 Å². The van der Waals surface area contributed by atoms with E-state index >= 15 is 4.39 Å². The number of carbonyl (C=O) groups is 2. The van der Waals surface area contributed by atoms with E-state index in [1.54, 1.807) is 12.1 Å². The summed E-state index contributed by atoms with van der Waals surface area (Å²) in [5.41, 5.74) is 3.39. The highest BCUT2D eigenvalue weighted by Crippen LogP contribution is 2.38. The van der Waals surface area contributed by atoms with E-state index in [-0.39, 0.29) is 23.6 Å². The quantitative estimate of drug-likeness (QED) is 0.455. The molecule has 4 heterocycles. The molecule has 11 nitrogen and oxygen atoms in total. The van der Waals surface area contributed by atoms with Crippen LogP contribution in [0, 0.1) is 30.0 Å². The minimum Gasteiger partial charge on any atom is -0.368 e. The first-order valence-corrected chi connectivity index (χ1v) is 14.6. The van der Waals surface area contributed by atoms with Crippen LogP contribution in [0.2, 0.25) is 0 Å². The lowest BCUT2D eigenvalue weighted by Gasteiger charge is -2.37. The number of hydrogen-bond donors (Lipinski definition) is 2. The van der Waals surface area contributed by atoms with Crippen LogP contribution in [0.5, 0.6) is 0 Å². The molecule has 3 aliphatic rings. The number of amides is 3. The average molecular weight is 572 g/mol. The van der Waals surface area contributed by atoms with Gasteiger partial charge in [0, 0.05) is 56.8 Å². The van der Waals surface area contributed by atoms with Crippen molar-refractivity contribution in [2.24, 2.45) is 5.92 Å². The molecule has 2 fully saturated rings. The predicted molar refractivity (Wildman–Crippen MR) is 157 cm³/mol. The molecule has 0 radical (unpaired) electrons. The number of aryl methyl sites for hydroxylation is 1. The number of nitrogens with zero attached hydrogens (tertiary/aromatic N) is 7. The zero-order valence-electron chi connectivity index (χ0n) is 23.9. The van der Waals surface area contributed by atoms with Gasteiger partial charge in [0.25, 0.3) is 5.91 Å². The largest absolute Gasteiger partial charge is 0.368 e. The standard InChI is InChI=1S/C30H34FN9O2/c1-3-40-28-25-23(33-17-34-28)14-20(26(31)27(25)37-30(40)42)16-38-10-12-39(13-11-38)24-9-8-22(35-18(24)2)29(41)36-21-6-4-19(15-32)5-7-21/h8-9,14,17,19,21H,3-7,10-13,16H2,1-2H3,(H,36,41)(H,37,42)/t19-,21-. The summed E-state index contributed by atoms with van der Waals surface area (Å²) >= 11 is 0. The zero-order chi connectivity index (χ0) is 29.4. The monoisotopic (exact) mass is 571 g/mol. The molecule has 0 unspecified atom stereocenters. The molecule has 1 saturated carbocycles. The number of nitrogens with one attached hydrogen (secondary N) is 2. The van der Waals surface area contributed by atoms with E-state index in [0.29, 0.717) is 54.2 Å². The normalized spacial score (nSPS) is 20.8. The Morgan fingerprint density at radius 1 is 1.17 bits per heavy atom. The molecular formula is C30H34FN9O2. The van der Waals surface area contributed by atoms with Crippen LogP contribution in [0.1, 0.15) is 54.4 Å². The third kappa shape index (κ3) is 5.20. The second-order valence-corrected chi connectivity index (χ2v) is 11.2. The van der Waals surface area contributed by atoms with E-state index in [4.69, 9.17) is 5.26 Å². The molecule has 0 spiro atoms. The van der Waals surface area contributed by atoms with Crippen molar-refractivity contribution in [3.05, 3.63) is 47.3 Å². The fourth-order valence-corrected chi connectivity index (χ4v) is 6.27. The molecule has 3 amide bonds. The Balaban J connectivity index is 1.10. The van der Waals surface area contributed by atoms with E-state index < -0.39 is 11.8 Å². The number of carbonyl (C=O) groups excluding carboxylic acids is 2. The summed E-state index contributed by atoms with van der Waals surface area (Å²) in [4.78, 5) is 44.5. The lowest BCUT2D eigenvalue weighted by molar-refractivity contribution is 0.0919. The Morgan fingerprint density at radius 3 is 2.62 bits per heavy atom. The highest BCUT2D eigenvalue weighted by Gasteiger charge is 2.31. The molecule has 218 valence electrons. The summed E-state index contributed by atoms with van der Waals surface area (Å²) in [5, 5.41) is 15.4. The van der Waals surface area contributed by atoms with Crippen molar-refractivity contribution in [1.29, 1.82) is 5.26 Å². The third-order valence-electron chi connectivity index (χ3n) is 8.61. The van der Waals surface area contributed by atoms with Gasteiger partial charge < -0.3 is 15.5 Å². The topological polar surface area (TPSA) is 130 Å². The van der Waals surface area contributed by atoms with E-state index in [2.05, 4.69) is 41.5 Å². The number of benzene rings is 1. The number of piperazine rings is 1. The van der Waals surface area contributed by atoms with Gasteiger partial charge in [0.15, 0.2) is 5.82 Å². The van der Waals surface area contributed by atoms with Crippen molar-refractivity contribution in [1.82, 2.24) is 25.2 Å². The Kier molecular flexibility index (Phi) is 7.60. The summed E-state index contributed by atoms with van der Waals surface area (Å²) in [6, 6.07) is 7.48. The van der Waals surface area contributed by atoms with Gasteiger partial charge in [-0.15, -0.1) is 0 Å². The van der Waals surface area contributed by atoms with Gasteiger partial charge in [0.05, 0.1) is 34.0 Å². The molecule has 2 N–H and O–H groups in total. The van der Waals surface area contributed by atoms with Crippen LogP contribution in [-0.4, -0.2) is 70.6 Å². The van der Waals surface area contributed by atoms with Crippen LogP contribution < -0.4 is 20.4 Å². The van der Waals surface area contributed by atoms with Crippen molar-refractivity contribution >= 4 is 40.0 Å². The van der Waals surface area contributed by atoms with Crippen molar-refractivity contribution in [2.75, 3.05) is 47.8 Å². The SMILES string of the molecule is CCN1C(=O)Nc2c(F)c(CN3CCN(c4ccc(C(=O)N[C@H]5CC[C@H](C#N)CC5)nc4C)CC3)cc3ncnc1c23. The number of pyridine rings is 1. The van der Waals surface area contributed by atoms with Gasteiger partial charge in [-0.05, 0) is 57.7 Å². The minimum atomic E-state index is -0.447. The molecule has 6 rings (SSSR count). The smallest absolute Gasteiger partial charge is 0.327 e. The van der Waals surface area contributed by atoms with Crippen molar-refractivity contribution in [3.8, 4) is 6.07 Å². The predicted octanol–water partition coefficient (Wildman–Crippen LogP) is 3.98. The molecule has 42 heavy (non-hydrogen) atoms. The maximum Gasteiger partial charge on any atom is 0.327 e. The number of aromatic nitrogens is 3. The molecule has 2 aliphatic heterocycles.